The number of anilines is 1. The van der Waals surface area contributed by atoms with Gasteiger partial charge in [0.15, 0.2) is 0 Å². The zero-order chi connectivity index (χ0) is 35.3. The van der Waals surface area contributed by atoms with Gasteiger partial charge in [-0.1, -0.05) is 6.07 Å². The van der Waals surface area contributed by atoms with Crippen LogP contribution in [0.3, 0.4) is 0 Å². The summed E-state index contributed by atoms with van der Waals surface area (Å²) in [6.45, 7) is 5.61. The van der Waals surface area contributed by atoms with Gasteiger partial charge in [0.05, 0.1) is 18.9 Å². The van der Waals surface area contributed by atoms with Gasteiger partial charge in [-0.2, -0.15) is 39.5 Å². The molecular weight excluding hydrogens is 653 g/mol. The molecular formula is C25H28F9N5O7. The molecule has 2 fully saturated rings. The van der Waals surface area contributed by atoms with Crippen LogP contribution in [0, 0.1) is 11.3 Å². The maximum Gasteiger partial charge on any atom is 0.490 e. The van der Waals surface area contributed by atoms with E-state index in [1.54, 1.807) is 0 Å². The van der Waals surface area contributed by atoms with E-state index in [0.717, 1.165) is 44.4 Å². The Kier molecular flexibility index (Phi) is 14.6. The first-order valence-corrected chi connectivity index (χ1v) is 12.7. The highest BCUT2D eigenvalue weighted by atomic mass is 19.4. The summed E-state index contributed by atoms with van der Waals surface area (Å²) in [7, 11) is 2.21. The van der Waals surface area contributed by atoms with E-state index < -0.39 is 36.4 Å². The zero-order valence-corrected chi connectivity index (χ0v) is 23.7. The minimum absolute atomic E-state index is 0.276. The van der Waals surface area contributed by atoms with Gasteiger partial charge in [0.2, 0.25) is 5.95 Å². The number of hydrogen-bond donors (Lipinski definition) is 3. The van der Waals surface area contributed by atoms with E-state index in [-0.39, 0.29) is 5.41 Å². The average Bonchev–Trinajstić information content (AvgIpc) is 3.51. The van der Waals surface area contributed by atoms with Gasteiger partial charge in [-0.05, 0) is 31.7 Å². The van der Waals surface area contributed by atoms with Crippen molar-refractivity contribution in [3.8, 4) is 0 Å². The van der Waals surface area contributed by atoms with Gasteiger partial charge >= 0.3 is 36.4 Å². The lowest BCUT2D eigenvalue weighted by molar-refractivity contribution is -0.193. The van der Waals surface area contributed by atoms with Crippen LogP contribution in [0.15, 0.2) is 42.9 Å². The minimum Gasteiger partial charge on any atom is -0.475 e. The lowest BCUT2D eigenvalue weighted by Crippen LogP contribution is -2.36. The average molecular weight is 682 g/mol. The number of nitrogens with zero attached hydrogens (tertiary/aromatic N) is 5. The number of rotatable bonds is 5. The number of ether oxygens (including phenoxy) is 1. The lowest BCUT2D eigenvalue weighted by atomic mass is 9.77. The maximum atomic E-state index is 10.6. The Hall–Kier alpha value is -4.27. The number of halogens is 9. The SMILES string of the molecule is CN1C[C@@H](COCc2ccccn2)[C@]2(CCN(c3ncccn3)C2)C1.O=C(O)C(F)(F)F.O=C(O)C(F)(F)F.O=C(O)C(F)(F)F. The normalized spacial score (nSPS) is 19.6. The van der Waals surface area contributed by atoms with Gasteiger partial charge in [-0.25, -0.2) is 24.4 Å². The fourth-order valence-corrected chi connectivity index (χ4v) is 4.30. The number of carbonyl (C=O) groups is 3. The molecule has 0 amide bonds. The number of hydrogen-bond acceptors (Lipinski definition) is 9. The molecule has 0 unspecified atom stereocenters. The molecule has 12 nitrogen and oxygen atoms in total. The molecule has 0 radical (unpaired) electrons. The fourth-order valence-electron chi connectivity index (χ4n) is 4.30. The van der Waals surface area contributed by atoms with Crippen LogP contribution < -0.4 is 4.90 Å². The maximum absolute atomic E-state index is 10.6. The number of alkyl halides is 9. The molecule has 2 aliphatic heterocycles. The molecule has 46 heavy (non-hydrogen) atoms. The molecule has 1 spiro atoms. The molecule has 2 saturated heterocycles. The topological polar surface area (TPSA) is 166 Å². The second kappa shape index (κ2) is 16.9. The third-order valence-corrected chi connectivity index (χ3v) is 6.23. The first kappa shape index (κ1) is 39.8. The van der Waals surface area contributed by atoms with Crippen LogP contribution in [-0.2, 0) is 25.7 Å². The number of carboxylic acid groups (broad SMARTS) is 3. The van der Waals surface area contributed by atoms with Crippen LogP contribution >= 0.6 is 0 Å². The Balaban J connectivity index is 0.000000413. The fraction of sp³-hybridized carbons (Fsp3) is 0.520. The molecule has 0 saturated carbocycles. The second-order valence-electron chi connectivity index (χ2n) is 9.72. The summed E-state index contributed by atoms with van der Waals surface area (Å²) in [5.74, 6) is -6.88. The van der Waals surface area contributed by atoms with Crippen LogP contribution in [0.25, 0.3) is 0 Å². The molecule has 0 aromatic carbocycles. The molecule has 21 heteroatoms. The highest BCUT2D eigenvalue weighted by molar-refractivity contribution is 5.73. The molecule has 0 bridgehead atoms. The Morgan fingerprint density at radius 3 is 1.74 bits per heavy atom. The Morgan fingerprint density at radius 1 is 0.826 bits per heavy atom. The smallest absolute Gasteiger partial charge is 0.475 e. The van der Waals surface area contributed by atoms with Crippen molar-refractivity contribution < 1.29 is 74.0 Å². The summed E-state index contributed by atoms with van der Waals surface area (Å²) in [5.41, 5.74) is 1.27. The van der Waals surface area contributed by atoms with E-state index >= 15 is 0 Å². The first-order chi connectivity index (χ1) is 21.1. The summed E-state index contributed by atoms with van der Waals surface area (Å²) < 4.78 is 101. The van der Waals surface area contributed by atoms with E-state index in [4.69, 9.17) is 34.4 Å². The molecule has 2 aromatic rings. The second-order valence-corrected chi connectivity index (χ2v) is 9.72. The van der Waals surface area contributed by atoms with Crippen molar-refractivity contribution in [3.63, 3.8) is 0 Å². The van der Waals surface area contributed by atoms with Crippen molar-refractivity contribution in [2.45, 2.75) is 31.6 Å². The Morgan fingerprint density at radius 2 is 1.30 bits per heavy atom. The van der Waals surface area contributed by atoms with Gasteiger partial charge in [0.25, 0.3) is 0 Å². The zero-order valence-electron chi connectivity index (χ0n) is 23.7. The highest BCUT2D eigenvalue weighted by Gasteiger charge is 2.50. The predicted octanol–water partition coefficient (Wildman–Crippen LogP) is 3.75. The van der Waals surface area contributed by atoms with Crippen LogP contribution in [0.2, 0.25) is 0 Å². The Bertz CT molecular complexity index is 1200. The number of aromatic nitrogens is 3. The van der Waals surface area contributed by atoms with E-state index in [9.17, 15) is 39.5 Å². The number of likely N-dealkylation sites (tertiary alicyclic amines) is 1. The number of aliphatic carboxylic acids is 3. The molecule has 4 rings (SSSR count). The third kappa shape index (κ3) is 13.8. The van der Waals surface area contributed by atoms with E-state index in [1.807, 2.05) is 42.9 Å². The molecule has 2 aromatic heterocycles. The third-order valence-electron chi connectivity index (χ3n) is 6.23. The first-order valence-electron chi connectivity index (χ1n) is 12.7. The largest absolute Gasteiger partial charge is 0.490 e. The lowest BCUT2D eigenvalue weighted by Gasteiger charge is -2.30. The number of carboxylic acids is 3. The molecule has 258 valence electrons. The summed E-state index contributed by atoms with van der Waals surface area (Å²) in [5, 5.41) is 21.4. The summed E-state index contributed by atoms with van der Waals surface area (Å²) in [6.07, 6.45) is -8.62. The van der Waals surface area contributed by atoms with Crippen molar-refractivity contribution >= 4 is 23.9 Å². The molecule has 2 atom stereocenters. The van der Waals surface area contributed by atoms with E-state index in [0.29, 0.717) is 12.5 Å². The highest BCUT2D eigenvalue weighted by Crippen LogP contribution is 2.44. The summed E-state index contributed by atoms with van der Waals surface area (Å²) in [4.78, 5) is 44.6. The molecule has 3 N–H and O–H groups in total. The van der Waals surface area contributed by atoms with Gasteiger partial charge in [-0.3, -0.25) is 4.98 Å². The number of pyridine rings is 1. The quantitative estimate of drug-likeness (QED) is 0.392. The Labute approximate surface area is 254 Å². The van der Waals surface area contributed by atoms with Crippen LogP contribution in [-0.4, -0.2) is 111 Å². The van der Waals surface area contributed by atoms with Gasteiger partial charge in [0.1, 0.15) is 0 Å². The van der Waals surface area contributed by atoms with Crippen molar-refractivity contribution in [3.05, 3.63) is 48.5 Å². The molecule has 0 aliphatic carbocycles. The molecule has 2 aliphatic rings. The van der Waals surface area contributed by atoms with Crippen LogP contribution in [0.4, 0.5) is 45.5 Å². The van der Waals surface area contributed by atoms with Crippen molar-refractivity contribution in [2.75, 3.05) is 44.7 Å². The van der Waals surface area contributed by atoms with Gasteiger partial charge < -0.3 is 29.9 Å². The minimum atomic E-state index is -5.08. The summed E-state index contributed by atoms with van der Waals surface area (Å²) in [6, 6.07) is 7.82. The van der Waals surface area contributed by atoms with E-state index in [1.165, 1.54) is 6.42 Å². The standard InChI is InChI=1S/C19H25N5O.3C2HF3O2/c1-23-11-16(12-25-13-17-5-2-3-7-20-17)19(14-23)6-10-24(15-19)18-21-8-4-9-22-18;3*3-2(4,5)1(6)7/h2-5,7-9,16H,6,10-15H2,1H3;3*(H,6,7)/t16-,19+;;;/m0.../s1. The van der Waals surface area contributed by atoms with Gasteiger partial charge in [-0.15, -0.1) is 0 Å². The van der Waals surface area contributed by atoms with Crippen LogP contribution in [0.1, 0.15) is 12.1 Å². The van der Waals surface area contributed by atoms with Crippen molar-refractivity contribution in [1.29, 1.82) is 0 Å². The molecule has 4 heterocycles. The van der Waals surface area contributed by atoms with E-state index in [2.05, 4.69) is 31.8 Å². The van der Waals surface area contributed by atoms with Crippen molar-refractivity contribution in [2.24, 2.45) is 11.3 Å². The predicted molar refractivity (Wildman–Crippen MR) is 137 cm³/mol. The monoisotopic (exact) mass is 681 g/mol. The van der Waals surface area contributed by atoms with Crippen molar-refractivity contribution in [1.82, 2.24) is 19.9 Å². The van der Waals surface area contributed by atoms with Crippen LogP contribution in [0.5, 0.6) is 0 Å². The van der Waals surface area contributed by atoms with Gasteiger partial charge in [0, 0.05) is 56.1 Å². The summed E-state index contributed by atoms with van der Waals surface area (Å²) >= 11 is 0.